The fourth-order valence-corrected chi connectivity index (χ4v) is 1.70. The molecule has 0 saturated carbocycles. The minimum Gasteiger partial charge on any atom is -0.376 e. The Balaban J connectivity index is 3.41. The Morgan fingerprint density at radius 3 is 2.25 bits per heavy atom. The minimum absolute atomic E-state index is 0.0185. The predicted molar refractivity (Wildman–Crippen MR) is 57.9 cm³/mol. The van der Waals surface area contributed by atoms with E-state index in [0.29, 0.717) is 0 Å². The molecule has 0 heterocycles. The third-order valence-corrected chi connectivity index (χ3v) is 2.77. The van der Waals surface area contributed by atoms with E-state index < -0.39 is 0 Å². The molecule has 2 heteroatoms. The van der Waals surface area contributed by atoms with Crippen LogP contribution in [0.2, 0.25) is 0 Å². The van der Waals surface area contributed by atoms with Crippen LogP contribution in [0.5, 0.6) is 0 Å². The molecule has 1 atom stereocenters. The smallest absolute Gasteiger partial charge is 0.0598 e. The molecule has 1 unspecified atom stereocenters. The predicted octanol–water partition coefficient (Wildman–Crippen LogP) is 3.61. The van der Waals surface area contributed by atoms with Gasteiger partial charge in [-0.1, -0.05) is 29.3 Å². The number of hydrogen-bond donors (Lipinski definition) is 0. The van der Waals surface area contributed by atoms with E-state index in [9.17, 15) is 0 Å². The third kappa shape index (κ3) is 7.11. The molecule has 0 fully saturated rings. The lowest BCUT2D eigenvalue weighted by Gasteiger charge is -2.21. The van der Waals surface area contributed by atoms with Gasteiger partial charge in [0.2, 0.25) is 0 Å². The first kappa shape index (κ1) is 12.4. The quantitative estimate of drug-likeness (QED) is 0.663. The lowest BCUT2D eigenvalue weighted by molar-refractivity contribution is -0.00837. The highest BCUT2D eigenvalue weighted by Gasteiger charge is 2.11. The van der Waals surface area contributed by atoms with Crippen molar-refractivity contribution in [2.24, 2.45) is 5.92 Å². The summed E-state index contributed by atoms with van der Waals surface area (Å²) in [7, 11) is 0. The Morgan fingerprint density at radius 2 is 1.92 bits per heavy atom. The van der Waals surface area contributed by atoms with Gasteiger partial charge in [0.25, 0.3) is 0 Å². The molecule has 12 heavy (non-hydrogen) atoms. The summed E-state index contributed by atoms with van der Waals surface area (Å²) in [5, 5.41) is 1.09. The van der Waals surface area contributed by atoms with Gasteiger partial charge in [0, 0.05) is 11.9 Å². The van der Waals surface area contributed by atoms with E-state index in [1.165, 1.54) is 12.8 Å². The summed E-state index contributed by atoms with van der Waals surface area (Å²) >= 11 is 3.50. The van der Waals surface area contributed by atoms with Crippen LogP contribution in [0.25, 0.3) is 0 Å². The Hall–Kier alpha value is 0.440. The van der Waals surface area contributed by atoms with Crippen molar-refractivity contribution in [3.05, 3.63) is 0 Å². The highest BCUT2D eigenvalue weighted by atomic mass is 79.9. The maximum Gasteiger partial charge on any atom is 0.0598 e. The number of rotatable bonds is 5. The van der Waals surface area contributed by atoms with Gasteiger partial charge >= 0.3 is 0 Å². The Kier molecular flexibility index (Phi) is 6.20. The zero-order valence-electron chi connectivity index (χ0n) is 8.69. The molecule has 0 saturated heterocycles. The van der Waals surface area contributed by atoms with Gasteiger partial charge in [-0.05, 0) is 33.1 Å². The molecule has 0 aromatic carbocycles. The molecule has 1 nitrogen and oxygen atoms in total. The summed E-state index contributed by atoms with van der Waals surface area (Å²) < 4.78 is 5.64. The summed E-state index contributed by atoms with van der Waals surface area (Å²) in [5.74, 6) is 0.771. The van der Waals surface area contributed by atoms with E-state index in [0.717, 1.165) is 17.9 Å². The second kappa shape index (κ2) is 5.98. The molecular formula is C10H21BrO. The van der Waals surface area contributed by atoms with Crippen LogP contribution >= 0.6 is 15.9 Å². The standard InChI is InChI=1S/C10H21BrO/c1-5-9(8-11)6-7-12-10(2,3)4/h9H,5-8H2,1-4H3. The van der Waals surface area contributed by atoms with Gasteiger partial charge in [0.05, 0.1) is 5.60 Å². The lowest BCUT2D eigenvalue weighted by Crippen LogP contribution is -2.21. The summed E-state index contributed by atoms with van der Waals surface area (Å²) in [6, 6.07) is 0. The van der Waals surface area contributed by atoms with Crippen molar-refractivity contribution in [3.63, 3.8) is 0 Å². The Labute approximate surface area is 85.0 Å². The molecule has 0 aliphatic rings. The zero-order valence-corrected chi connectivity index (χ0v) is 10.3. The van der Waals surface area contributed by atoms with Crippen molar-refractivity contribution in [1.82, 2.24) is 0 Å². The van der Waals surface area contributed by atoms with Crippen LogP contribution in [0.3, 0.4) is 0 Å². The molecule has 0 aromatic rings. The molecule has 0 N–H and O–H groups in total. The van der Waals surface area contributed by atoms with Gasteiger partial charge in [-0.15, -0.1) is 0 Å². The van der Waals surface area contributed by atoms with Crippen LogP contribution < -0.4 is 0 Å². The van der Waals surface area contributed by atoms with E-state index >= 15 is 0 Å². The fourth-order valence-electron chi connectivity index (χ4n) is 0.922. The minimum atomic E-state index is 0.0185. The number of ether oxygens (including phenoxy) is 1. The monoisotopic (exact) mass is 236 g/mol. The van der Waals surface area contributed by atoms with Crippen molar-refractivity contribution in [3.8, 4) is 0 Å². The van der Waals surface area contributed by atoms with Crippen LogP contribution in [0, 0.1) is 5.92 Å². The Morgan fingerprint density at radius 1 is 1.33 bits per heavy atom. The second-order valence-electron chi connectivity index (χ2n) is 4.18. The number of alkyl halides is 1. The van der Waals surface area contributed by atoms with Crippen molar-refractivity contribution >= 4 is 15.9 Å². The zero-order chi connectivity index (χ0) is 9.61. The second-order valence-corrected chi connectivity index (χ2v) is 4.83. The largest absolute Gasteiger partial charge is 0.376 e. The highest BCUT2D eigenvalue weighted by Crippen LogP contribution is 2.14. The van der Waals surface area contributed by atoms with E-state index in [-0.39, 0.29) is 5.60 Å². The number of halogens is 1. The maximum atomic E-state index is 5.64. The average molecular weight is 237 g/mol. The molecule has 0 rings (SSSR count). The van der Waals surface area contributed by atoms with Crippen LogP contribution in [-0.2, 0) is 4.74 Å². The molecule has 74 valence electrons. The highest BCUT2D eigenvalue weighted by molar-refractivity contribution is 9.09. The van der Waals surface area contributed by atoms with Crippen molar-refractivity contribution in [2.75, 3.05) is 11.9 Å². The molecule has 0 spiro atoms. The first-order chi connectivity index (χ1) is 5.49. The van der Waals surface area contributed by atoms with E-state index in [1.54, 1.807) is 0 Å². The van der Waals surface area contributed by atoms with Gasteiger partial charge in [0.1, 0.15) is 0 Å². The van der Waals surface area contributed by atoms with E-state index in [2.05, 4.69) is 43.6 Å². The summed E-state index contributed by atoms with van der Waals surface area (Å²) in [4.78, 5) is 0. The van der Waals surface area contributed by atoms with Crippen molar-refractivity contribution in [2.45, 2.75) is 46.1 Å². The van der Waals surface area contributed by atoms with Gasteiger partial charge < -0.3 is 4.74 Å². The summed E-state index contributed by atoms with van der Waals surface area (Å²) in [5.41, 5.74) is 0.0185. The Bertz CT molecular complexity index is 103. The van der Waals surface area contributed by atoms with Crippen LogP contribution in [0.1, 0.15) is 40.5 Å². The fraction of sp³-hybridized carbons (Fsp3) is 1.00. The van der Waals surface area contributed by atoms with Gasteiger partial charge in [-0.3, -0.25) is 0 Å². The summed E-state index contributed by atoms with van der Waals surface area (Å²) in [6.45, 7) is 9.41. The molecule has 0 aliphatic carbocycles. The van der Waals surface area contributed by atoms with Gasteiger partial charge in [-0.2, -0.15) is 0 Å². The average Bonchev–Trinajstić information content (AvgIpc) is 1.96. The SMILES string of the molecule is CCC(CBr)CCOC(C)(C)C. The van der Waals surface area contributed by atoms with Crippen LogP contribution in [-0.4, -0.2) is 17.5 Å². The van der Waals surface area contributed by atoms with Gasteiger partial charge in [0.15, 0.2) is 0 Å². The lowest BCUT2D eigenvalue weighted by atomic mass is 10.1. The first-order valence-electron chi connectivity index (χ1n) is 4.69. The number of hydrogen-bond acceptors (Lipinski definition) is 1. The van der Waals surface area contributed by atoms with Crippen molar-refractivity contribution in [1.29, 1.82) is 0 Å². The molecule has 0 aliphatic heterocycles. The topological polar surface area (TPSA) is 9.23 Å². The first-order valence-corrected chi connectivity index (χ1v) is 5.81. The molecular weight excluding hydrogens is 216 g/mol. The normalized spacial score (nSPS) is 14.8. The molecule has 0 radical (unpaired) electrons. The molecule has 0 bridgehead atoms. The van der Waals surface area contributed by atoms with Crippen molar-refractivity contribution < 1.29 is 4.74 Å². The summed E-state index contributed by atoms with van der Waals surface area (Å²) in [6.07, 6.45) is 2.40. The van der Waals surface area contributed by atoms with Crippen LogP contribution in [0.4, 0.5) is 0 Å². The maximum absolute atomic E-state index is 5.64. The molecule has 0 amide bonds. The third-order valence-electron chi connectivity index (χ3n) is 1.86. The van der Waals surface area contributed by atoms with E-state index in [1.807, 2.05) is 0 Å². The van der Waals surface area contributed by atoms with E-state index in [4.69, 9.17) is 4.74 Å². The van der Waals surface area contributed by atoms with Crippen LogP contribution in [0.15, 0.2) is 0 Å². The molecule has 0 aromatic heterocycles. The van der Waals surface area contributed by atoms with Gasteiger partial charge in [-0.25, -0.2) is 0 Å².